The molecule has 3 rings (SSSR count). The average Bonchev–Trinajstić information content (AvgIpc) is 3.13. The summed E-state index contributed by atoms with van der Waals surface area (Å²) in [7, 11) is 0. The zero-order chi connectivity index (χ0) is 18.0. The highest BCUT2D eigenvalue weighted by Gasteiger charge is 2.28. The van der Waals surface area contributed by atoms with Crippen LogP contribution >= 0.6 is 0 Å². The number of furan rings is 1. The number of esters is 1. The quantitative estimate of drug-likeness (QED) is 0.624. The maximum Gasteiger partial charge on any atom is 0.344 e. The summed E-state index contributed by atoms with van der Waals surface area (Å²) in [4.78, 5) is 24.0. The first-order valence-corrected chi connectivity index (χ1v) is 7.78. The van der Waals surface area contributed by atoms with Gasteiger partial charge in [0.1, 0.15) is 22.9 Å². The molecule has 1 aromatic carbocycles. The number of carbonyl (C=O) groups is 2. The molecule has 25 heavy (non-hydrogen) atoms. The third-order valence-corrected chi connectivity index (χ3v) is 3.23. The van der Waals surface area contributed by atoms with Gasteiger partial charge in [0.25, 0.3) is 0 Å². The van der Waals surface area contributed by atoms with Gasteiger partial charge in [0.05, 0.1) is 11.8 Å². The molecule has 0 bridgehead atoms. The van der Waals surface area contributed by atoms with Crippen LogP contribution in [-0.2, 0) is 9.53 Å². The summed E-state index contributed by atoms with van der Waals surface area (Å²) in [6.45, 7) is 5.13. The normalized spacial score (nSPS) is 15.0. The first-order chi connectivity index (χ1) is 11.8. The molecule has 0 aliphatic carbocycles. The highest BCUT2D eigenvalue weighted by molar-refractivity contribution is 6.14. The smallest absolute Gasteiger partial charge is 0.344 e. The van der Waals surface area contributed by atoms with Crippen molar-refractivity contribution in [3.05, 3.63) is 53.7 Å². The third kappa shape index (κ3) is 4.09. The molecule has 1 aliphatic heterocycles. The summed E-state index contributed by atoms with van der Waals surface area (Å²) in [5, 5.41) is 0. The van der Waals surface area contributed by atoms with Crippen molar-refractivity contribution in [3.8, 4) is 11.5 Å². The third-order valence-electron chi connectivity index (χ3n) is 3.23. The van der Waals surface area contributed by atoms with E-state index >= 15 is 0 Å². The molecular formula is C19H18O6. The first-order valence-electron chi connectivity index (χ1n) is 7.78. The van der Waals surface area contributed by atoms with Crippen molar-refractivity contribution in [3.63, 3.8) is 0 Å². The molecule has 6 nitrogen and oxygen atoms in total. The Labute approximate surface area is 145 Å². The highest BCUT2D eigenvalue weighted by atomic mass is 16.6. The van der Waals surface area contributed by atoms with Crippen LogP contribution in [-0.4, -0.2) is 24.0 Å². The van der Waals surface area contributed by atoms with Gasteiger partial charge in [-0.05, 0) is 45.0 Å². The molecular weight excluding hydrogens is 324 g/mol. The van der Waals surface area contributed by atoms with E-state index in [0.29, 0.717) is 22.8 Å². The minimum Gasteiger partial charge on any atom is -0.482 e. The number of allylic oxidation sites excluding steroid dienone is 1. The highest BCUT2D eigenvalue weighted by Crippen LogP contribution is 2.34. The lowest BCUT2D eigenvalue weighted by Gasteiger charge is -2.19. The molecule has 0 unspecified atom stereocenters. The Morgan fingerprint density at radius 2 is 2.04 bits per heavy atom. The summed E-state index contributed by atoms with van der Waals surface area (Å²) in [5.41, 5.74) is -0.137. The Hall–Kier alpha value is -3.02. The van der Waals surface area contributed by atoms with Crippen LogP contribution in [0.2, 0.25) is 0 Å². The maximum atomic E-state index is 12.3. The van der Waals surface area contributed by atoms with E-state index in [-0.39, 0.29) is 18.1 Å². The second-order valence-corrected chi connectivity index (χ2v) is 6.49. The SMILES string of the molecule is CC(C)(C)OC(=O)COc1ccc2c(c1)O/C(=C\c1ccco1)C2=O. The fourth-order valence-electron chi connectivity index (χ4n) is 2.27. The number of rotatable bonds is 4. The fraction of sp³-hybridized carbons (Fsp3) is 0.263. The van der Waals surface area contributed by atoms with Crippen LogP contribution in [0.15, 0.2) is 46.8 Å². The molecule has 0 saturated carbocycles. The lowest BCUT2D eigenvalue weighted by atomic mass is 10.1. The average molecular weight is 342 g/mol. The van der Waals surface area contributed by atoms with Crippen LogP contribution in [0.25, 0.3) is 6.08 Å². The number of benzene rings is 1. The molecule has 1 aliphatic rings. The van der Waals surface area contributed by atoms with Crippen molar-refractivity contribution >= 4 is 17.8 Å². The molecule has 0 atom stereocenters. The second kappa shape index (κ2) is 6.47. The molecule has 2 aromatic rings. The Morgan fingerprint density at radius 1 is 1.24 bits per heavy atom. The minimum atomic E-state index is -0.570. The van der Waals surface area contributed by atoms with Gasteiger partial charge in [-0.1, -0.05) is 0 Å². The van der Waals surface area contributed by atoms with Crippen LogP contribution < -0.4 is 9.47 Å². The monoisotopic (exact) mass is 342 g/mol. The number of carbonyl (C=O) groups excluding carboxylic acids is 2. The van der Waals surface area contributed by atoms with Gasteiger partial charge in [0, 0.05) is 12.1 Å². The van der Waals surface area contributed by atoms with Crippen LogP contribution in [0.5, 0.6) is 11.5 Å². The van der Waals surface area contributed by atoms with Crippen molar-refractivity contribution in [2.75, 3.05) is 6.61 Å². The van der Waals surface area contributed by atoms with Crippen LogP contribution in [0.1, 0.15) is 36.9 Å². The predicted octanol–water partition coefficient (Wildman–Crippen LogP) is 3.62. The van der Waals surface area contributed by atoms with E-state index in [1.165, 1.54) is 12.3 Å². The van der Waals surface area contributed by atoms with Crippen molar-refractivity contribution in [1.29, 1.82) is 0 Å². The number of Topliss-reactive ketones (excluding diaryl/α,β-unsaturated/α-hetero) is 1. The van der Waals surface area contributed by atoms with E-state index in [1.807, 2.05) is 0 Å². The number of hydrogen-bond donors (Lipinski definition) is 0. The number of hydrogen-bond acceptors (Lipinski definition) is 6. The summed E-state index contributed by atoms with van der Waals surface area (Å²) in [5.74, 6) is 0.793. The largest absolute Gasteiger partial charge is 0.482 e. The molecule has 0 N–H and O–H groups in total. The molecule has 0 amide bonds. The molecule has 0 fully saturated rings. The van der Waals surface area contributed by atoms with Crippen LogP contribution in [0.3, 0.4) is 0 Å². The van der Waals surface area contributed by atoms with Gasteiger partial charge in [-0.15, -0.1) is 0 Å². The maximum absolute atomic E-state index is 12.3. The summed E-state index contributed by atoms with van der Waals surface area (Å²) < 4.78 is 21.3. The summed E-state index contributed by atoms with van der Waals surface area (Å²) in [6.07, 6.45) is 3.05. The van der Waals surface area contributed by atoms with E-state index in [2.05, 4.69) is 0 Å². The van der Waals surface area contributed by atoms with E-state index in [0.717, 1.165) is 0 Å². The molecule has 2 heterocycles. The first kappa shape index (κ1) is 16.8. The fourth-order valence-corrected chi connectivity index (χ4v) is 2.27. The Bertz CT molecular complexity index is 824. The van der Waals surface area contributed by atoms with Gasteiger partial charge in [-0.3, -0.25) is 4.79 Å². The van der Waals surface area contributed by atoms with Crippen LogP contribution in [0.4, 0.5) is 0 Å². The lowest BCUT2D eigenvalue weighted by molar-refractivity contribution is -0.157. The van der Waals surface area contributed by atoms with Gasteiger partial charge in [-0.2, -0.15) is 0 Å². The van der Waals surface area contributed by atoms with Crippen molar-refractivity contribution in [2.24, 2.45) is 0 Å². The number of ether oxygens (including phenoxy) is 3. The Kier molecular flexibility index (Phi) is 4.35. The lowest BCUT2D eigenvalue weighted by Crippen LogP contribution is -2.27. The zero-order valence-corrected chi connectivity index (χ0v) is 14.2. The summed E-state index contributed by atoms with van der Waals surface area (Å²) in [6, 6.07) is 8.23. The predicted molar refractivity (Wildman–Crippen MR) is 89.4 cm³/mol. The number of ketones is 1. The molecule has 1 aromatic heterocycles. The zero-order valence-electron chi connectivity index (χ0n) is 14.2. The minimum absolute atomic E-state index is 0.175. The van der Waals surface area contributed by atoms with Crippen molar-refractivity contribution in [1.82, 2.24) is 0 Å². The van der Waals surface area contributed by atoms with Gasteiger partial charge < -0.3 is 18.6 Å². The van der Waals surface area contributed by atoms with E-state index < -0.39 is 11.6 Å². The van der Waals surface area contributed by atoms with Crippen LogP contribution in [0, 0.1) is 0 Å². The summed E-state index contributed by atoms with van der Waals surface area (Å²) >= 11 is 0. The molecule has 0 spiro atoms. The standard InChI is InChI=1S/C19H18O6/c1-19(2,3)25-17(20)11-23-13-6-7-14-15(9-13)24-16(18(14)21)10-12-5-4-8-22-12/h4-10H,11H2,1-3H3/b16-10-. The van der Waals surface area contributed by atoms with Crippen molar-refractivity contribution < 1.29 is 28.2 Å². The Morgan fingerprint density at radius 3 is 2.72 bits per heavy atom. The molecule has 130 valence electrons. The molecule has 6 heteroatoms. The molecule has 0 radical (unpaired) electrons. The molecule has 0 saturated heterocycles. The van der Waals surface area contributed by atoms with Gasteiger partial charge in [-0.25, -0.2) is 4.79 Å². The number of fused-ring (bicyclic) bond motifs is 1. The van der Waals surface area contributed by atoms with E-state index in [1.54, 1.807) is 51.1 Å². The van der Waals surface area contributed by atoms with Gasteiger partial charge in [0.15, 0.2) is 12.4 Å². The van der Waals surface area contributed by atoms with E-state index in [9.17, 15) is 9.59 Å². The van der Waals surface area contributed by atoms with Gasteiger partial charge >= 0.3 is 5.97 Å². The van der Waals surface area contributed by atoms with Crippen molar-refractivity contribution in [2.45, 2.75) is 26.4 Å². The van der Waals surface area contributed by atoms with Gasteiger partial charge in [0.2, 0.25) is 5.78 Å². The van der Waals surface area contributed by atoms with E-state index in [4.69, 9.17) is 18.6 Å². The second-order valence-electron chi connectivity index (χ2n) is 6.49. The Balaban J connectivity index is 1.69. The topological polar surface area (TPSA) is 75.0 Å².